The number of hydrogen-bond acceptors (Lipinski definition) is 3. The topological polar surface area (TPSA) is 35.6 Å². The van der Waals surface area contributed by atoms with Gasteiger partial charge in [-0.2, -0.15) is 0 Å². The first-order chi connectivity index (χ1) is 10.7. The van der Waals surface area contributed by atoms with Crippen molar-refractivity contribution in [1.29, 1.82) is 0 Å². The smallest absolute Gasteiger partial charge is 0.220 e. The number of rotatable bonds is 9. The highest BCUT2D eigenvalue weighted by atomic mass is 16.1. The van der Waals surface area contributed by atoms with Crippen LogP contribution in [0.2, 0.25) is 5.31 Å². The maximum Gasteiger partial charge on any atom is 0.220 e. The molecule has 2 radical (unpaired) electrons. The van der Waals surface area contributed by atoms with E-state index in [0.717, 1.165) is 52.2 Å². The molecule has 2 unspecified atom stereocenters. The zero-order valence-corrected chi connectivity index (χ0v) is 15.9. The van der Waals surface area contributed by atoms with Crippen LogP contribution in [0, 0.1) is 11.8 Å². The van der Waals surface area contributed by atoms with Crippen molar-refractivity contribution >= 4 is 13.8 Å². The van der Waals surface area contributed by atoms with Gasteiger partial charge in [0.1, 0.15) is 0 Å². The number of carbonyl (C=O) groups is 1. The first kappa shape index (κ1) is 20.5. The van der Waals surface area contributed by atoms with E-state index in [9.17, 15) is 4.79 Å². The number of nitrogens with one attached hydrogen (secondary N) is 1. The lowest BCUT2D eigenvalue weighted by Crippen LogP contribution is -2.47. The monoisotopic (exact) mass is 321 g/mol. The SMILES string of the molecule is [B]C(C)(C)CC(C)CNC(=O)CC(C)CN1CCN(CC)CC1. The Bertz CT molecular complexity index is 349. The maximum atomic E-state index is 12.1. The van der Waals surface area contributed by atoms with Crippen molar-refractivity contribution in [3.8, 4) is 0 Å². The van der Waals surface area contributed by atoms with Gasteiger partial charge in [-0.25, -0.2) is 0 Å². The van der Waals surface area contributed by atoms with E-state index in [1.165, 1.54) is 0 Å². The Morgan fingerprint density at radius 3 is 2.22 bits per heavy atom. The zero-order valence-electron chi connectivity index (χ0n) is 15.9. The van der Waals surface area contributed by atoms with Gasteiger partial charge in [0.2, 0.25) is 5.91 Å². The molecule has 1 fully saturated rings. The molecule has 1 amide bonds. The fraction of sp³-hybridized carbons (Fsp3) is 0.944. The van der Waals surface area contributed by atoms with Gasteiger partial charge < -0.3 is 15.1 Å². The van der Waals surface area contributed by atoms with Gasteiger partial charge >= 0.3 is 0 Å². The van der Waals surface area contributed by atoms with E-state index in [0.29, 0.717) is 18.3 Å². The molecule has 132 valence electrons. The molecule has 1 rings (SSSR count). The van der Waals surface area contributed by atoms with Gasteiger partial charge in [0.25, 0.3) is 0 Å². The van der Waals surface area contributed by atoms with Gasteiger partial charge in [0.15, 0.2) is 0 Å². The molecule has 1 saturated heterocycles. The van der Waals surface area contributed by atoms with Crippen molar-refractivity contribution in [3.63, 3.8) is 0 Å². The quantitative estimate of drug-likeness (QED) is 0.661. The number of piperazine rings is 1. The summed E-state index contributed by atoms with van der Waals surface area (Å²) >= 11 is 0. The highest BCUT2D eigenvalue weighted by Gasteiger charge is 2.19. The lowest BCUT2D eigenvalue weighted by Gasteiger charge is -2.35. The van der Waals surface area contributed by atoms with Crippen molar-refractivity contribution in [2.45, 2.75) is 52.8 Å². The Labute approximate surface area is 144 Å². The number of nitrogens with zero attached hydrogens (tertiary/aromatic N) is 2. The summed E-state index contributed by atoms with van der Waals surface area (Å²) in [6.07, 6.45) is 1.54. The second-order valence-electron chi connectivity index (χ2n) is 8.15. The van der Waals surface area contributed by atoms with E-state index in [1.807, 2.05) is 13.8 Å². The minimum absolute atomic E-state index is 0.169. The molecule has 1 aliphatic heterocycles. The molecule has 1 aliphatic rings. The van der Waals surface area contributed by atoms with Gasteiger partial charge in [0, 0.05) is 45.7 Å². The number of likely N-dealkylation sites (N-methyl/N-ethyl adjacent to an activating group) is 1. The van der Waals surface area contributed by atoms with Crippen molar-refractivity contribution < 1.29 is 4.79 Å². The Hall–Kier alpha value is -0.545. The molecular formula is C18H36BN3O. The fourth-order valence-corrected chi connectivity index (χ4v) is 3.44. The number of hydrogen-bond donors (Lipinski definition) is 1. The van der Waals surface area contributed by atoms with Crippen molar-refractivity contribution in [1.82, 2.24) is 15.1 Å². The summed E-state index contributed by atoms with van der Waals surface area (Å²) in [5.41, 5.74) is 0. The van der Waals surface area contributed by atoms with E-state index in [4.69, 9.17) is 7.85 Å². The van der Waals surface area contributed by atoms with E-state index >= 15 is 0 Å². The molecule has 0 aromatic rings. The molecule has 1 N–H and O–H groups in total. The van der Waals surface area contributed by atoms with Crippen LogP contribution < -0.4 is 5.32 Å². The summed E-state index contributed by atoms with van der Waals surface area (Å²) in [4.78, 5) is 17.1. The molecule has 0 aromatic carbocycles. The lowest BCUT2D eigenvalue weighted by atomic mass is 9.67. The van der Waals surface area contributed by atoms with Crippen LogP contribution in [0.4, 0.5) is 0 Å². The summed E-state index contributed by atoms with van der Waals surface area (Å²) in [5.74, 6) is 0.993. The van der Waals surface area contributed by atoms with Gasteiger partial charge in [-0.1, -0.05) is 46.4 Å². The summed E-state index contributed by atoms with van der Waals surface area (Å²) in [7, 11) is 6.03. The van der Waals surface area contributed by atoms with Crippen molar-refractivity contribution in [3.05, 3.63) is 0 Å². The summed E-state index contributed by atoms with van der Waals surface area (Å²) in [6.45, 7) is 18.1. The van der Waals surface area contributed by atoms with E-state index < -0.39 is 0 Å². The average molecular weight is 321 g/mol. The van der Waals surface area contributed by atoms with Crippen LogP contribution in [-0.2, 0) is 4.79 Å². The Balaban J connectivity index is 2.18. The molecule has 0 saturated carbocycles. The summed E-state index contributed by atoms with van der Waals surface area (Å²) in [5, 5.41) is 2.90. The molecule has 4 nitrogen and oxygen atoms in total. The van der Waals surface area contributed by atoms with Crippen LogP contribution in [0.3, 0.4) is 0 Å². The number of carbonyl (C=O) groups excluding carboxylic acids is 1. The molecule has 0 spiro atoms. The molecule has 0 aromatic heterocycles. The highest BCUT2D eigenvalue weighted by Crippen LogP contribution is 2.27. The minimum atomic E-state index is -0.169. The Kier molecular flexibility index (Phi) is 8.63. The van der Waals surface area contributed by atoms with Crippen LogP contribution in [0.15, 0.2) is 0 Å². The first-order valence-corrected chi connectivity index (χ1v) is 9.20. The molecule has 23 heavy (non-hydrogen) atoms. The van der Waals surface area contributed by atoms with Crippen LogP contribution >= 0.6 is 0 Å². The standard InChI is InChI=1S/C18H36BN3O/c1-6-21-7-9-22(10-8-21)14-15(2)11-17(23)20-13-16(3)12-18(4,5)19/h15-16H,6-14H2,1-5H3,(H,20,23). The molecular weight excluding hydrogens is 285 g/mol. The van der Waals surface area contributed by atoms with Crippen molar-refractivity contribution in [2.75, 3.05) is 45.8 Å². The summed E-state index contributed by atoms with van der Waals surface area (Å²) in [6, 6.07) is 0. The van der Waals surface area contributed by atoms with E-state index in [1.54, 1.807) is 0 Å². The Morgan fingerprint density at radius 2 is 1.70 bits per heavy atom. The predicted molar refractivity (Wildman–Crippen MR) is 98.9 cm³/mol. The molecule has 2 atom stereocenters. The van der Waals surface area contributed by atoms with Crippen LogP contribution in [0.1, 0.15) is 47.5 Å². The van der Waals surface area contributed by atoms with Gasteiger partial charge in [-0.3, -0.25) is 4.79 Å². The van der Waals surface area contributed by atoms with Crippen molar-refractivity contribution in [2.24, 2.45) is 11.8 Å². The molecule has 5 heteroatoms. The van der Waals surface area contributed by atoms with E-state index in [2.05, 4.69) is 35.9 Å². The zero-order chi connectivity index (χ0) is 17.5. The molecule has 1 heterocycles. The van der Waals surface area contributed by atoms with Gasteiger partial charge in [-0.05, 0) is 18.4 Å². The van der Waals surface area contributed by atoms with Crippen LogP contribution in [0.5, 0.6) is 0 Å². The van der Waals surface area contributed by atoms with Gasteiger partial charge in [-0.15, -0.1) is 0 Å². The predicted octanol–water partition coefficient (Wildman–Crippen LogP) is 2.16. The largest absolute Gasteiger partial charge is 0.356 e. The van der Waals surface area contributed by atoms with Crippen LogP contribution in [0.25, 0.3) is 0 Å². The normalized spacial score (nSPS) is 20.2. The Morgan fingerprint density at radius 1 is 1.13 bits per heavy atom. The second-order valence-corrected chi connectivity index (χ2v) is 8.15. The third-order valence-corrected chi connectivity index (χ3v) is 4.54. The third-order valence-electron chi connectivity index (χ3n) is 4.54. The number of amides is 1. The third kappa shape index (κ3) is 9.36. The first-order valence-electron chi connectivity index (χ1n) is 9.20. The minimum Gasteiger partial charge on any atom is -0.356 e. The highest BCUT2D eigenvalue weighted by molar-refractivity contribution is 6.14. The molecule has 0 aliphatic carbocycles. The van der Waals surface area contributed by atoms with Gasteiger partial charge in [0.05, 0.1) is 7.85 Å². The molecule has 0 bridgehead atoms. The lowest BCUT2D eigenvalue weighted by molar-refractivity contribution is -0.122. The average Bonchev–Trinajstić information content (AvgIpc) is 2.44. The van der Waals surface area contributed by atoms with Crippen LogP contribution in [-0.4, -0.2) is 69.4 Å². The second kappa shape index (κ2) is 9.68. The fourth-order valence-electron chi connectivity index (χ4n) is 3.44. The maximum absolute atomic E-state index is 12.1. The van der Waals surface area contributed by atoms with E-state index in [-0.39, 0.29) is 11.2 Å². The summed E-state index contributed by atoms with van der Waals surface area (Å²) < 4.78 is 0.